The van der Waals surface area contributed by atoms with Gasteiger partial charge >= 0.3 is 0 Å². The van der Waals surface area contributed by atoms with E-state index in [0.717, 1.165) is 5.56 Å². The Bertz CT molecular complexity index is 956. The second kappa shape index (κ2) is 8.18. The van der Waals surface area contributed by atoms with Crippen LogP contribution in [0, 0.1) is 5.82 Å². The van der Waals surface area contributed by atoms with Crippen molar-refractivity contribution in [1.29, 1.82) is 0 Å². The number of nitrogens with zero attached hydrogens (tertiary/aromatic N) is 2. The molecule has 1 amide bonds. The molecule has 0 bridgehead atoms. The molecule has 0 fully saturated rings. The molecule has 3 aromatic rings. The molecule has 2 N–H and O–H groups in total. The van der Waals surface area contributed by atoms with E-state index in [2.05, 4.69) is 20.6 Å². The average molecular weight is 364 g/mol. The standard InChI is InChI=1S/C20H17FN4O2/c1-13(26)15-3-2-4-17(9-15)25-19-12-22-18(11-23-19)20(27)24-10-14-5-7-16(21)8-6-14/h2-9,11-12H,10H2,1H3,(H,23,25)(H,24,27). The summed E-state index contributed by atoms with van der Waals surface area (Å²) in [5.41, 5.74) is 2.23. The van der Waals surface area contributed by atoms with Crippen molar-refractivity contribution in [3.8, 4) is 0 Å². The van der Waals surface area contributed by atoms with E-state index in [1.54, 1.807) is 36.4 Å². The monoisotopic (exact) mass is 364 g/mol. The van der Waals surface area contributed by atoms with Crippen molar-refractivity contribution in [2.24, 2.45) is 0 Å². The Labute approximate surface area is 155 Å². The minimum Gasteiger partial charge on any atom is -0.347 e. The van der Waals surface area contributed by atoms with E-state index in [-0.39, 0.29) is 29.7 Å². The summed E-state index contributed by atoms with van der Waals surface area (Å²) >= 11 is 0. The minimum atomic E-state index is -0.378. The Hall–Kier alpha value is -3.61. The summed E-state index contributed by atoms with van der Waals surface area (Å²) in [6, 6.07) is 12.9. The molecule has 0 aliphatic heterocycles. The van der Waals surface area contributed by atoms with Gasteiger partial charge in [0.05, 0.1) is 12.4 Å². The topological polar surface area (TPSA) is 84.0 Å². The van der Waals surface area contributed by atoms with Crippen LogP contribution in [-0.4, -0.2) is 21.7 Å². The molecule has 0 aliphatic carbocycles. The summed E-state index contributed by atoms with van der Waals surface area (Å²) in [4.78, 5) is 31.8. The number of aromatic nitrogens is 2. The number of halogens is 1. The highest BCUT2D eigenvalue weighted by atomic mass is 19.1. The third kappa shape index (κ3) is 4.94. The Kier molecular flexibility index (Phi) is 5.51. The fraction of sp³-hybridized carbons (Fsp3) is 0.100. The van der Waals surface area contributed by atoms with E-state index < -0.39 is 0 Å². The zero-order valence-electron chi connectivity index (χ0n) is 14.6. The highest BCUT2D eigenvalue weighted by Crippen LogP contribution is 2.16. The zero-order valence-corrected chi connectivity index (χ0v) is 14.6. The summed E-state index contributed by atoms with van der Waals surface area (Å²) in [5, 5.41) is 5.74. The van der Waals surface area contributed by atoms with E-state index in [1.165, 1.54) is 31.5 Å². The second-order valence-electron chi connectivity index (χ2n) is 5.86. The van der Waals surface area contributed by atoms with Gasteiger partial charge in [-0.15, -0.1) is 0 Å². The number of ketones is 1. The molecule has 0 saturated carbocycles. The van der Waals surface area contributed by atoms with Crippen LogP contribution >= 0.6 is 0 Å². The maximum absolute atomic E-state index is 12.9. The Morgan fingerprint density at radius 1 is 1.04 bits per heavy atom. The number of carbonyl (C=O) groups excluding carboxylic acids is 2. The number of anilines is 2. The van der Waals surface area contributed by atoms with Gasteiger partial charge in [-0.1, -0.05) is 24.3 Å². The molecule has 1 aromatic heterocycles. The van der Waals surface area contributed by atoms with Crippen molar-refractivity contribution in [3.05, 3.63) is 83.6 Å². The molecule has 136 valence electrons. The molecule has 7 heteroatoms. The van der Waals surface area contributed by atoms with E-state index in [1.807, 2.05) is 0 Å². The second-order valence-corrected chi connectivity index (χ2v) is 5.86. The number of benzene rings is 2. The van der Waals surface area contributed by atoms with Gasteiger partial charge in [-0.05, 0) is 36.8 Å². The molecule has 0 spiro atoms. The average Bonchev–Trinajstić information content (AvgIpc) is 2.68. The normalized spacial score (nSPS) is 10.3. The van der Waals surface area contributed by atoms with E-state index in [4.69, 9.17) is 0 Å². The molecule has 6 nitrogen and oxygen atoms in total. The predicted octanol–water partition coefficient (Wildman–Crippen LogP) is 3.49. The van der Waals surface area contributed by atoms with Crippen molar-refractivity contribution in [3.63, 3.8) is 0 Å². The molecule has 0 saturated heterocycles. The Morgan fingerprint density at radius 2 is 1.81 bits per heavy atom. The molecule has 3 rings (SSSR count). The lowest BCUT2D eigenvalue weighted by Crippen LogP contribution is -2.24. The lowest BCUT2D eigenvalue weighted by molar-refractivity contribution is 0.0944. The first kappa shape index (κ1) is 18.2. The van der Waals surface area contributed by atoms with Crippen molar-refractivity contribution in [2.45, 2.75) is 13.5 Å². The van der Waals surface area contributed by atoms with Gasteiger partial charge in [-0.2, -0.15) is 0 Å². The first-order valence-electron chi connectivity index (χ1n) is 8.24. The summed E-state index contributed by atoms with van der Waals surface area (Å²) in [5.74, 6) is -0.284. The van der Waals surface area contributed by atoms with Gasteiger partial charge in [-0.3, -0.25) is 9.59 Å². The van der Waals surface area contributed by atoms with E-state index in [9.17, 15) is 14.0 Å². The van der Waals surface area contributed by atoms with Crippen LogP contribution in [0.5, 0.6) is 0 Å². The van der Waals surface area contributed by atoms with Crippen LogP contribution < -0.4 is 10.6 Å². The van der Waals surface area contributed by atoms with Crippen molar-refractivity contribution in [2.75, 3.05) is 5.32 Å². The molecular formula is C20H17FN4O2. The Balaban J connectivity index is 1.61. The SMILES string of the molecule is CC(=O)c1cccc(Nc2cnc(C(=O)NCc3ccc(F)cc3)cn2)c1. The number of hydrogen-bond acceptors (Lipinski definition) is 5. The molecule has 27 heavy (non-hydrogen) atoms. The minimum absolute atomic E-state index is 0.0297. The Morgan fingerprint density at radius 3 is 2.48 bits per heavy atom. The van der Waals surface area contributed by atoms with E-state index in [0.29, 0.717) is 17.1 Å². The summed E-state index contributed by atoms with van der Waals surface area (Å²) < 4.78 is 12.9. The molecule has 0 atom stereocenters. The molecule has 0 radical (unpaired) electrons. The number of nitrogens with one attached hydrogen (secondary N) is 2. The molecule has 0 unspecified atom stereocenters. The first-order valence-corrected chi connectivity index (χ1v) is 8.24. The number of carbonyl (C=O) groups is 2. The number of rotatable bonds is 6. The van der Waals surface area contributed by atoms with Crippen molar-refractivity contribution in [1.82, 2.24) is 15.3 Å². The van der Waals surface area contributed by atoms with E-state index >= 15 is 0 Å². The van der Waals surface area contributed by atoms with Gasteiger partial charge in [0, 0.05) is 17.8 Å². The number of Topliss-reactive ketones (excluding diaryl/α,β-unsaturated/α-hetero) is 1. The maximum Gasteiger partial charge on any atom is 0.271 e. The smallest absolute Gasteiger partial charge is 0.271 e. The quantitative estimate of drug-likeness (QED) is 0.654. The molecule has 0 aliphatic rings. The van der Waals surface area contributed by atoms with Crippen LogP contribution in [0.2, 0.25) is 0 Å². The lowest BCUT2D eigenvalue weighted by atomic mass is 10.1. The molecule has 2 aromatic carbocycles. The highest BCUT2D eigenvalue weighted by molar-refractivity contribution is 5.95. The fourth-order valence-corrected chi connectivity index (χ4v) is 2.35. The molecular weight excluding hydrogens is 347 g/mol. The predicted molar refractivity (Wildman–Crippen MR) is 99.3 cm³/mol. The first-order chi connectivity index (χ1) is 13.0. The summed E-state index contributed by atoms with van der Waals surface area (Å²) in [6.07, 6.45) is 2.80. The van der Waals surface area contributed by atoms with Crippen LogP contribution in [0.3, 0.4) is 0 Å². The van der Waals surface area contributed by atoms with Gasteiger partial charge in [0.25, 0.3) is 5.91 Å². The lowest BCUT2D eigenvalue weighted by Gasteiger charge is -2.08. The van der Waals surface area contributed by atoms with Crippen LogP contribution in [-0.2, 0) is 6.54 Å². The molecule has 1 heterocycles. The van der Waals surface area contributed by atoms with Crippen LogP contribution in [0.15, 0.2) is 60.9 Å². The number of amides is 1. The third-order valence-corrected chi connectivity index (χ3v) is 3.79. The van der Waals surface area contributed by atoms with Gasteiger partial charge in [0.15, 0.2) is 5.78 Å². The van der Waals surface area contributed by atoms with Crippen molar-refractivity contribution < 1.29 is 14.0 Å². The zero-order chi connectivity index (χ0) is 19.2. The number of hydrogen-bond donors (Lipinski definition) is 2. The fourth-order valence-electron chi connectivity index (χ4n) is 2.35. The summed E-state index contributed by atoms with van der Waals surface area (Å²) in [6.45, 7) is 1.76. The highest BCUT2D eigenvalue weighted by Gasteiger charge is 2.08. The van der Waals surface area contributed by atoms with Gasteiger partial charge in [0.1, 0.15) is 17.3 Å². The summed E-state index contributed by atoms with van der Waals surface area (Å²) in [7, 11) is 0. The largest absolute Gasteiger partial charge is 0.347 e. The van der Waals surface area contributed by atoms with Crippen molar-refractivity contribution >= 4 is 23.2 Å². The maximum atomic E-state index is 12.9. The van der Waals surface area contributed by atoms with Crippen LogP contribution in [0.4, 0.5) is 15.9 Å². The van der Waals surface area contributed by atoms with Gasteiger partial charge in [-0.25, -0.2) is 14.4 Å². The van der Waals surface area contributed by atoms with Crippen LogP contribution in [0.25, 0.3) is 0 Å². The third-order valence-electron chi connectivity index (χ3n) is 3.79. The van der Waals surface area contributed by atoms with Gasteiger partial charge in [0.2, 0.25) is 0 Å². The van der Waals surface area contributed by atoms with Crippen LogP contribution in [0.1, 0.15) is 33.3 Å². The van der Waals surface area contributed by atoms with Gasteiger partial charge < -0.3 is 10.6 Å².